The molecule has 0 bridgehead atoms. The number of hydrogen-bond acceptors (Lipinski definition) is 5. The summed E-state index contributed by atoms with van der Waals surface area (Å²) in [6.45, 7) is 5.15. The highest BCUT2D eigenvalue weighted by Crippen LogP contribution is 2.23. The number of nitrogens with zero attached hydrogens (tertiary/aromatic N) is 4. The number of rotatable bonds is 3. The van der Waals surface area contributed by atoms with Crippen LogP contribution in [0, 0.1) is 6.92 Å². The molecule has 0 aliphatic carbocycles. The van der Waals surface area contributed by atoms with Crippen LogP contribution < -0.4 is 0 Å². The van der Waals surface area contributed by atoms with Gasteiger partial charge in [0, 0.05) is 20.0 Å². The highest BCUT2D eigenvalue weighted by Gasteiger charge is 2.34. The Morgan fingerprint density at radius 3 is 2.70 bits per heavy atom. The van der Waals surface area contributed by atoms with Gasteiger partial charge >= 0.3 is 0 Å². The Bertz CT molecular complexity index is 467. The molecule has 0 aromatic carbocycles. The van der Waals surface area contributed by atoms with Crippen LogP contribution in [0.15, 0.2) is 4.42 Å². The van der Waals surface area contributed by atoms with Crippen LogP contribution in [-0.2, 0) is 11.3 Å². The molecule has 3 rings (SSSR count). The second-order valence-corrected chi connectivity index (χ2v) is 5.73. The summed E-state index contributed by atoms with van der Waals surface area (Å²) >= 11 is 0. The molecule has 1 aromatic rings. The molecule has 1 amide bonds. The Labute approximate surface area is 119 Å². The van der Waals surface area contributed by atoms with Crippen LogP contribution in [0.2, 0.25) is 0 Å². The molecule has 2 fully saturated rings. The summed E-state index contributed by atoms with van der Waals surface area (Å²) < 4.78 is 5.43. The van der Waals surface area contributed by atoms with Crippen molar-refractivity contribution in [2.75, 3.05) is 19.6 Å². The Balaban J connectivity index is 1.63. The topological polar surface area (TPSA) is 62.5 Å². The lowest BCUT2D eigenvalue weighted by Gasteiger charge is -2.32. The van der Waals surface area contributed by atoms with E-state index in [-0.39, 0.29) is 6.04 Å². The summed E-state index contributed by atoms with van der Waals surface area (Å²) in [4.78, 5) is 16.8. The molecule has 2 saturated heterocycles. The van der Waals surface area contributed by atoms with Crippen LogP contribution in [-0.4, -0.2) is 51.6 Å². The van der Waals surface area contributed by atoms with E-state index < -0.39 is 0 Å². The summed E-state index contributed by atoms with van der Waals surface area (Å²) in [7, 11) is 0. The highest BCUT2D eigenvalue weighted by atomic mass is 16.4. The third-order valence-corrected chi connectivity index (χ3v) is 4.22. The molecule has 0 unspecified atom stereocenters. The van der Waals surface area contributed by atoms with E-state index in [0.717, 1.165) is 45.3 Å². The van der Waals surface area contributed by atoms with Gasteiger partial charge in [-0.3, -0.25) is 9.69 Å². The van der Waals surface area contributed by atoms with Gasteiger partial charge in [-0.25, -0.2) is 0 Å². The zero-order chi connectivity index (χ0) is 13.9. The smallest absolute Gasteiger partial charge is 0.239 e. The van der Waals surface area contributed by atoms with Crippen LogP contribution in [0.4, 0.5) is 0 Å². The predicted octanol–water partition coefficient (Wildman–Crippen LogP) is 1.35. The van der Waals surface area contributed by atoms with Crippen molar-refractivity contribution in [3.8, 4) is 0 Å². The van der Waals surface area contributed by atoms with Crippen LogP contribution >= 0.6 is 0 Å². The zero-order valence-corrected chi connectivity index (χ0v) is 12.0. The highest BCUT2D eigenvalue weighted by molar-refractivity contribution is 5.82. The van der Waals surface area contributed by atoms with Crippen molar-refractivity contribution >= 4 is 5.91 Å². The quantitative estimate of drug-likeness (QED) is 0.835. The molecule has 6 heteroatoms. The van der Waals surface area contributed by atoms with Gasteiger partial charge in [-0.15, -0.1) is 10.2 Å². The van der Waals surface area contributed by atoms with E-state index >= 15 is 0 Å². The molecule has 1 aromatic heterocycles. The number of aromatic nitrogens is 2. The summed E-state index contributed by atoms with van der Waals surface area (Å²) in [5.41, 5.74) is 0. The number of hydrogen-bond donors (Lipinski definition) is 0. The normalized spacial score (nSPS) is 24.2. The first-order chi connectivity index (χ1) is 9.74. The van der Waals surface area contributed by atoms with Gasteiger partial charge in [-0.2, -0.15) is 0 Å². The summed E-state index contributed by atoms with van der Waals surface area (Å²) in [5, 5.41) is 7.88. The van der Waals surface area contributed by atoms with E-state index in [1.165, 1.54) is 6.42 Å². The lowest BCUT2D eigenvalue weighted by Crippen LogP contribution is -2.47. The molecular formula is C14H22N4O2. The Hall–Kier alpha value is -1.43. The Kier molecular flexibility index (Phi) is 4.00. The van der Waals surface area contributed by atoms with Crippen molar-refractivity contribution in [3.05, 3.63) is 11.8 Å². The molecule has 1 atom stereocenters. The molecule has 0 saturated carbocycles. The maximum Gasteiger partial charge on any atom is 0.239 e. The zero-order valence-electron chi connectivity index (χ0n) is 12.0. The van der Waals surface area contributed by atoms with Gasteiger partial charge in [-0.05, 0) is 38.6 Å². The van der Waals surface area contributed by atoms with Gasteiger partial charge in [0.1, 0.15) is 0 Å². The fourth-order valence-corrected chi connectivity index (χ4v) is 3.20. The van der Waals surface area contributed by atoms with Crippen molar-refractivity contribution in [2.24, 2.45) is 0 Å². The molecule has 20 heavy (non-hydrogen) atoms. The lowest BCUT2D eigenvalue weighted by atomic mass is 10.1. The summed E-state index contributed by atoms with van der Waals surface area (Å²) in [6, 6.07) is 0.000283. The average molecular weight is 278 g/mol. The van der Waals surface area contributed by atoms with E-state index in [4.69, 9.17) is 4.42 Å². The largest absolute Gasteiger partial charge is 0.424 e. The molecule has 3 heterocycles. The maximum atomic E-state index is 12.6. The minimum Gasteiger partial charge on any atom is -0.424 e. The van der Waals surface area contributed by atoms with Crippen LogP contribution in [0.25, 0.3) is 0 Å². The van der Waals surface area contributed by atoms with Crippen LogP contribution in [0.5, 0.6) is 0 Å². The number of likely N-dealkylation sites (tertiary alicyclic amines) is 2. The van der Waals surface area contributed by atoms with Gasteiger partial charge in [0.2, 0.25) is 17.7 Å². The molecule has 6 nitrogen and oxygen atoms in total. The first-order valence-electron chi connectivity index (χ1n) is 7.56. The predicted molar refractivity (Wildman–Crippen MR) is 72.9 cm³/mol. The van der Waals surface area contributed by atoms with E-state index in [1.54, 1.807) is 6.92 Å². The van der Waals surface area contributed by atoms with E-state index in [2.05, 4.69) is 15.1 Å². The van der Waals surface area contributed by atoms with Gasteiger partial charge in [0.05, 0.1) is 12.6 Å². The molecule has 110 valence electrons. The van der Waals surface area contributed by atoms with E-state index in [1.807, 2.05) is 4.90 Å². The third kappa shape index (κ3) is 2.85. The molecule has 0 radical (unpaired) electrons. The number of piperidine rings is 1. The number of carbonyl (C=O) groups is 1. The first kappa shape index (κ1) is 13.5. The Morgan fingerprint density at radius 2 is 2.00 bits per heavy atom. The molecular weight excluding hydrogens is 256 g/mol. The molecule has 0 spiro atoms. The van der Waals surface area contributed by atoms with Crippen molar-refractivity contribution in [3.63, 3.8) is 0 Å². The standard InChI is InChI=1S/C14H22N4O2/c1-11-15-16-13(20-11)10-18-9-5-6-12(18)14(19)17-7-3-2-4-8-17/h12H,2-10H2,1H3/t12-/m0/s1. The number of amides is 1. The van der Waals surface area contributed by atoms with Crippen LogP contribution in [0.1, 0.15) is 43.9 Å². The van der Waals surface area contributed by atoms with E-state index in [0.29, 0.717) is 24.2 Å². The van der Waals surface area contributed by atoms with Crippen molar-refractivity contribution in [1.82, 2.24) is 20.0 Å². The van der Waals surface area contributed by atoms with E-state index in [9.17, 15) is 4.79 Å². The fraction of sp³-hybridized carbons (Fsp3) is 0.786. The molecule has 0 N–H and O–H groups in total. The second-order valence-electron chi connectivity index (χ2n) is 5.73. The fourth-order valence-electron chi connectivity index (χ4n) is 3.20. The molecule has 2 aliphatic heterocycles. The summed E-state index contributed by atoms with van der Waals surface area (Å²) in [6.07, 6.45) is 5.54. The lowest BCUT2D eigenvalue weighted by molar-refractivity contribution is -0.137. The average Bonchev–Trinajstić information content (AvgIpc) is 3.09. The second kappa shape index (κ2) is 5.91. The minimum atomic E-state index is 0.000283. The SMILES string of the molecule is Cc1nnc(CN2CCC[C@H]2C(=O)N2CCCCC2)o1. The first-order valence-corrected chi connectivity index (χ1v) is 7.56. The Morgan fingerprint density at radius 1 is 1.20 bits per heavy atom. The number of carbonyl (C=O) groups excluding carboxylic acids is 1. The van der Waals surface area contributed by atoms with Gasteiger partial charge < -0.3 is 9.32 Å². The van der Waals surface area contributed by atoms with Gasteiger partial charge in [0.15, 0.2) is 0 Å². The minimum absolute atomic E-state index is 0.000283. The summed E-state index contributed by atoms with van der Waals surface area (Å²) in [5.74, 6) is 1.48. The third-order valence-electron chi connectivity index (χ3n) is 4.22. The van der Waals surface area contributed by atoms with Crippen molar-refractivity contribution in [2.45, 2.75) is 51.6 Å². The number of aryl methyl sites for hydroxylation is 1. The maximum absolute atomic E-state index is 12.6. The van der Waals surface area contributed by atoms with Crippen molar-refractivity contribution in [1.29, 1.82) is 0 Å². The van der Waals surface area contributed by atoms with Crippen LogP contribution in [0.3, 0.4) is 0 Å². The van der Waals surface area contributed by atoms with Crippen molar-refractivity contribution < 1.29 is 9.21 Å². The van der Waals surface area contributed by atoms with Gasteiger partial charge in [0.25, 0.3) is 0 Å². The van der Waals surface area contributed by atoms with Gasteiger partial charge in [-0.1, -0.05) is 0 Å². The monoisotopic (exact) mass is 278 g/mol. The molecule has 2 aliphatic rings.